The summed E-state index contributed by atoms with van der Waals surface area (Å²) in [4.78, 5) is 11.5. The highest BCUT2D eigenvalue weighted by molar-refractivity contribution is 7.87. The van der Waals surface area contributed by atoms with E-state index in [1.807, 2.05) is 0 Å². The molecule has 3 aromatic rings. The molecule has 0 saturated carbocycles. The zero-order chi connectivity index (χ0) is 17.3. The molecule has 0 aliphatic rings. The second-order valence-corrected chi connectivity index (χ2v) is 7.12. The molecule has 0 atom stereocenters. The molecule has 0 saturated heterocycles. The monoisotopic (exact) mass is 384 g/mol. The van der Waals surface area contributed by atoms with Crippen molar-refractivity contribution in [1.82, 2.24) is 0 Å². The molecule has 0 aliphatic carbocycles. The molecule has 5 nitrogen and oxygen atoms in total. The van der Waals surface area contributed by atoms with Gasteiger partial charge in [0.2, 0.25) is 0 Å². The van der Waals surface area contributed by atoms with Crippen molar-refractivity contribution in [3.8, 4) is 5.75 Å². The second-order valence-electron chi connectivity index (χ2n) is 4.87. The Bertz CT molecular complexity index is 1060. The van der Waals surface area contributed by atoms with Crippen LogP contribution in [0.3, 0.4) is 0 Å². The lowest BCUT2D eigenvalue weighted by molar-refractivity contribution is 0.485. The van der Waals surface area contributed by atoms with Crippen LogP contribution in [0, 0.1) is 0 Å². The summed E-state index contributed by atoms with van der Waals surface area (Å²) < 4.78 is 34.7. The van der Waals surface area contributed by atoms with Crippen LogP contribution in [-0.4, -0.2) is 8.42 Å². The van der Waals surface area contributed by atoms with Crippen molar-refractivity contribution in [1.29, 1.82) is 0 Å². The Kier molecular flexibility index (Phi) is 4.54. The molecule has 1 aromatic heterocycles. The lowest BCUT2D eigenvalue weighted by Crippen LogP contribution is -2.09. The maximum absolute atomic E-state index is 12.3. The van der Waals surface area contributed by atoms with Crippen LogP contribution in [0.2, 0.25) is 5.02 Å². The van der Waals surface area contributed by atoms with Crippen LogP contribution in [0.5, 0.6) is 5.75 Å². The van der Waals surface area contributed by atoms with E-state index in [0.29, 0.717) is 16.0 Å². The van der Waals surface area contributed by atoms with Crippen LogP contribution >= 0.6 is 23.2 Å². The second kappa shape index (κ2) is 6.47. The van der Waals surface area contributed by atoms with Gasteiger partial charge in [0.25, 0.3) is 0 Å². The van der Waals surface area contributed by atoms with E-state index in [1.54, 1.807) is 6.07 Å². The van der Waals surface area contributed by atoms with Gasteiger partial charge in [0.05, 0.1) is 0 Å². The molecule has 124 valence electrons. The number of fused-ring (bicyclic) bond motifs is 1. The quantitative estimate of drug-likeness (QED) is 0.386. The maximum Gasteiger partial charge on any atom is 0.339 e. The Morgan fingerprint density at radius 1 is 1.04 bits per heavy atom. The van der Waals surface area contributed by atoms with Crippen LogP contribution in [0.15, 0.2) is 62.6 Å². The van der Waals surface area contributed by atoms with Gasteiger partial charge in [-0.05, 0) is 42.0 Å². The van der Waals surface area contributed by atoms with Gasteiger partial charge in [-0.25, -0.2) is 4.79 Å². The predicted molar refractivity (Wildman–Crippen MR) is 91.3 cm³/mol. The summed E-state index contributed by atoms with van der Waals surface area (Å²) in [6, 6.07) is 11.2. The Balaban J connectivity index is 2.01. The van der Waals surface area contributed by atoms with Crippen molar-refractivity contribution < 1.29 is 17.0 Å². The van der Waals surface area contributed by atoms with Gasteiger partial charge >= 0.3 is 15.7 Å². The van der Waals surface area contributed by atoms with Crippen LogP contribution in [-0.2, 0) is 16.0 Å². The average molecular weight is 385 g/mol. The van der Waals surface area contributed by atoms with Crippen LogP contribution in [0.4, 0.5) is 0 Å². The molecule has 8 heteroatoms. The molecule has 0 spiro atoms. The molecular formula is C16H10Cl2O5S. The first-order valence-electron chi connectivity index (χ1n) is 6.72. The molecule has 0 aliphatic heterocycles. The summed E-state index contributed by atoms with van der Waals surface area (Å²) in [6.45, 7) is 0. The first-order chi connectivity index (χ1) is 11.4. The van der Waals surface area contributed by atoms with E-state index < -0.39 is 15.7 Å². The topological polar surface area (TPSA) is 73.6 Å². The van der Waals surface area contributed by atoms with Gasteiger partial charge in [0.1, 0.15) is 16.2 Å². The van der Waals surface area contributed by atoms with Gasteiger partial charge in [0.15, 0.2) is 0 Å². The molecule has 3 rings (SSSR count). The van der Waals surface area contributed by atoms with Crippen molar-refractivity contribution in [2.24, 2.45) is 0 Å². The van der Waals surface area contributed by atoms with Crippen molar-refractivity contribution in [3.05, 3.63) is 69.5 Å². The normalized spacial score (nSPS) is 11.6. The minimum atomic E-state index is -4.03. The van der Waals surface area contributed by atoms with E-state index in [0.717, 1.165) is 0 Å². The fourth-order valence-electron chi connectivity index (χ4n) is 2.15. The first-order valence-corrected chi connectivity index (χ1v) is 9.04. The summed E-state index contributed by atoms with van der Waals surface area (Å²) in [5.41, 5.74) is 0.216. The zero-order valence-corrected chi connectivity index (χ0v) is 14.4. The van der Waals surface area contributed by atoms with E-state index in [-0.39, 0.29) is 22.1 Å². The van der Waals surface area contributed by atoms with Crippen molar-refractivity contribution in [2.75, 3.05) is 0 Å². The van der Waals surface area contributed by atoms with Gasteiger partial charge in [-0.1, -0.05) is 11.6 Å². The van der Waals surface area contributed by atoms with Crippen LogP contribution in [0.25, 0.3) is 11.0 Å². The summed E-state index contributed by atoms with van der Waals surface area (Å²) in [6.07, 6.45) is 0. The third kappa shape index (κ3) is 3.40. The number of hydrogen-bond donors (Lipinski definition) is 0. The maximum atomic E-state index is 12.3. The Morgan fingerprint density at radius 3 is 2.42 bits per heavy atom. The highest BCUT2D eigenvalue weighted by Gasteiger charge is 2.17. The summed E-state index contributed by atoms with van der Waals surface area (Å²) in [7, 11) is -4.03. The molecule has 2 aromatic carbocycles. The third-order valence-electron chi connectivity index (χ3n) is 3.25. The van der Waals surface area contributed by atoms with Gasteiger partial charge in [-0.2, -0.15) is 8.42 Å². The predicted octanol–water partition coefficient (Wildman–Crippen LogP) is 3.95. The van der Waals surface area contributed by atoms with E-state index in [2.05, 4.69) is 0 Å². The van der Waals surface area contributed by atoms with E-state index in [1.165, 1.54) is 42.5 Å². The third-order valence-corrected chi connectivity index (χ3v) is 5.06. The molecule has 0 fully saturated rings. The Hall–Kier alpha value is -2.02. The van der Waals surface area contributed by atoms with Crippen molar-refractivity contribution in [2.45, 2.75) is 10.8 Å². The molecule has 24 heavy (non-hydrogen) atoms. The molecule has 1 heterocycles. The largest absolute Gasteiger partial charge is 0.423 e. The minimum absolute atomic E-state index is 0.0207. The fraction of sp³-hybridized carbons (Fsp3) is 0.0625. The molecule has 0 N–H and O–H groups in total. The van der Waals surface area contributed by atoms with Crippen LogP contribution in [0.1, 0.15) is 5.56 Å². The first kappa shape index (κ1) is 16.8. The minimum Gasteiger partial charge on any atom is -0.423 e. The van der Waals surface area contributed by atoms with Gasteiger partial charge in [-0.15, -0.1) is 11.6 Å². The van der Waals surface area contributed by atoms with Crippen molar-refractivity contribution >= 4 is 44.3 Å². The number of halogens is 2. The smallest absolute Gasteiger partial charge is 0.339 e. The molecular weight excluding hydrogens is 375 g/mol. The highest BCUT2D eigenvalue weighted by Crippen LogP contribution is 2.26. The molecule has 0 radical (unpaired) electrons. The van der Waals surface area contributed by atoms with Gasteiger partial charge in [-0.3, -0.25) is 0 Å². The zero-order valence-electron chi connectivity index (χ0n) is 12.0. The van der Waals surface area contributed by atoms with Gasteiger partial charge < -0.3 is 8.60 Å². The van der Waals surface area contributed by atoms with Gasteiger partial charge in [0, 0.05) is 28.4 Å². The average Bonchev–Trinajstić information content (AvgIpc) is 2.53. The Labute approximate surface area is 147 Å². The number of benzene rings is 2. The molecule has 0 bridgehead atoms. The lowest BCUT2D eigenvalue weighted by atomic mass is 10.1. The fourth-order valence-corrected chi connectivity index (χ4v) is 3.42. The molecule has 0 unspecified atom stereocenters. The van der Waals surface area contributed by atoms with Crippen molar-refractivity contribution in [3.63, 3.8) is 0 Å². The lowest BCUT2D eigenvalue weighted by Gasteiger charge is -2.08. The number of rotatable bonds is 4. The number of hydrogen-bond acceptors (Lipinski definition) is 5. The van der Waals surface area contributed by atoms with E-state index in [4.69, 9.17) is 31.8 Å². The van der Waals surface area contributed by atoms with Crippen LogP contribution < -0.4 is 9.81 Å². The number of alkyl halides is 1. The van der Waals surface area contributed by atoms with E-state index in [9.17, 15) is 13.2 Å². The summed E-state index contributed by atoms with van der Waals surface area (Å²) in [5.74, 6) is 0.151. The highest BCUT2D eigenvalue weighted by atomic mass is 35.5. The van der Waals surface area contributed by atoms with E-state index >= 15 is 0 Å². The standard InChI is InChI=1S/C16H10Cl2O5S/c17-9-10-7-16(19)22-15-8-12(3-6-14(10)15)23-24(20,21)13-4-1-11(18)2-5-13/h1-8H,9H2. The molecule has 0 amide bonds. The summed E-state index contributed by atoms with van der Waals surface area (Å²) in [5, 5.41) is 1.02. The SMILES string of the molecule is O=c1cc(CCl)c2ccc(OS(=O)(=O)c3ccc(Cl)cc3)cc2o1. The summed E-state index contributed by atoms with van der Waals surface area (Å²) >= 11 is 11.5. The Morgan fingerprint density at radius 2 is 1.75 bits per heavy atom.